The Hall–Kier alpha value is -2.79. The number of carboxylic acid groups (broad SMARTS) is 1. The summed E-state index contributed by atoms with van der Waals surface area (Å²) >= 11 is 6.07. The zero-order valence-corrected chi connectivity index (χ0v) is 16.3. The minimum Gasteiger partial charge on any atom is -0.480 e. The number of carboxylic acids is 1. The average Bonchev–Trinajstić information content (AvgIpc) is 3.00. The van der Waals surface area contributed by atoms with Crippen molar-refractivity contribution in [3.05, 3.63) is 64.8 Å². The molecule has 0 bridgehead atoms. The summed E-state index contributed by atoms with van der Waals surface area (Å²) in [5, 5.41) is 11.0. The van der Waals surface area contributed by atoms with E-state index < -0.39 is 5.97 Å². The van der Waals surface area contributed by atoms with Gasteiger partial charge in [-0.05, 0) is 49.1 Å². The Labute approximate surface area is 168 Å². The Morgan fingerprint density at radius 2 is 2.00 bits per heavy atom. The molecule has 0 aliphatic heterocycles. The maximum atomic E-state index is 13.1. The molecule has 4 rings (SSSR count). The van der Waals surface area contributed by atoms with Crippen molar-refractivity contribution in [2.45, 2.75) is 25.8 Å². The van der Waals surface area contributed by atoms with Gasteiger partial charge in [-0.2, -0.15) is 0 Å². The topological polar surface area (TPSA) is 62.5 Å². The Kier molecular flexibility index (Phi) is 4.85. The third-order valence-corrected chi connectivity index (χ3v) is 5.78. The van der Waals surface area contributed by atoms with Crippen molar-refractivity contribution in [2.75, 3.05) is 11.9 Å². The number of hydrogen-bond acceptors (Lipinski definition) is 2. The van der Waals surface area contributed by atoms with Crippen molar-refractivity contribution < 1.29 is 14.7 Å². The van der Waals surface area contributed by atoms with E-state index in [4.69, 9.17) is 11.6 Å². The highest BCUT2D eigenvalue weighted by atomic mass is 35.5. The first-order chi connectivity index (χ1) is 13.5. The van der Waals surface area contributed by atoms with Gasteiger partial charge in [-0.25, -0.2) is 0 Å². The summed E-state index contributed by atoms with van der Waals surface area (Å²) in [5.41, 5.74) is 3.83. The van der Waals surface area contributed by atoms with Gasteiger partial charge in [0, 0.05) is 40.3 Å². The summed E-state index contributed by atoms with van der Waals surface area (Å²) < 4.78 is 1.88. The molecule has 1 aromatic heterocycles. The van der Waals surface area contributed by atoms with Crippen LogP contribution in [0.5, 0.6) is 0 Å². The number of carbonyl (C=O) groups is 2. The number of fused-ring (bicyclic) bond motifs is 3. The standard InChI is InChI=1S/C22H21ClN2O3/c1-24(16-6-4-5-15(23)12-16)22(28)14-9-10-20-18(11-14)17-7-2-3-8-19(17)25(20)13-21(26)27/h2-8,12,14H,9-11,13H2,1H3,(H,26,27). The lowest BCUT2D eigenvalue weighted by Gasteiger charge is -2.27. The molecule has 28 heavy (non-hydrogen) atoms. The third kappa shape index (κ3) is 3.27. The quantitative estimate of drug-likeness (QED) is 0.720. The van der Waals surface area contributed by atoms with Gasteiger partial charge in [-0.3, -0.25) is 9.59 Å². The molecule has 0 radical (unpaired) electrons. The summed E-state index contributed by atoms with van der Waals surface area (Å²) in [6.07, 6.45) is 2.01. The van der Waals surface area contributed by atoms with Crippen LogP contribution in [0.25, 0.3) is 10.9 Å². The van der Waals surface area contributed by atoms with E-state index in [0.29, 0.717) is 24.3 Å². The predicted octanol–water partition coefficient (Wildman–Crippen LogP) is 4.15. The normalized spacial score (nSPS) is 16.0. The Bertz CT molecular complexity index is 1070. The molecule has 0 fully saturated rings. The van der Waals surface area contributed by atoms with Crippen LogP contribution in [-0.2, 0) is 29.0 Å². The molecule has 3 aromatic rings. The minimum absolute atomic E-state index is 0.0583. The maximum Gasteiger partial charge on any atom is 0.323 e. The number of amides is 1. The molecule has 6 heteroatoms. The number of rotatable bonds is 4. The summed E-state index contributed by atoms with van der Waals surface area (Å²) in [4.78, 5) is 26.1. The van der Waals surface area contributed by atoms with E-state index in [9.17, 15) is 14.7 Å². The van der Waals surface area contributed by atoms with Crippen molar-refractivity contribution >= 4 is 40.1 Å². The first-order valence-electron chi connectivity index (χ1n) is 9.29. The fourth-order valence-electron chi connectivity index (χ4n) is 4.21. The summed E-state index contributed by atoms with van der Waals surface area (Å²) in [6.45, 7) is -0.0587. The third-order valence-electron chi connectivity index (χ3n) is 5.54. The van der Waals surface area contributed by atoms with Crippen molar-refractivity contribution in [1.82, 2.24) is 4.57 Å². The van der Waals surface area contributed by atoms with Crippen LogP contribution in [0.1, 0.15) is 17.7 Å². The van der Waals surface area contributed by atoms with E-state index in [1.807, 2.05) is 41.0 Å². The summed E-state index contributed by atoms with van der Waals surface area (Å²) in [7, 11) is 1.78. The lowest BCUT2D eigenvalue weighted by molar-refractivity contribution is -0.137. The Morgan fingerprint density at radius 3 is 2.75 bits per heavy atom. The number of halogens is 1. The SMILES string of the molecule is CN(C(=O)C1CCc2c(c3ccccc3n2CC(=O)O)C1)c1cccc(Cl)c1. The van der Waals surface area contributed by atoms with E-state index in [1.54, 1.807) is 24.1 Å². The molecule has 1 unspecified atom stereocenters. The molecule has 144 valence electrons. The Balaban J connectivity index is 1.66. The van der Waals surface area contributed by atoms with E-state index in [0.717, 1.165) is 27.8 Å². The van der Waals surface area contributed by atoms with Crippen LogP contribution in [0.4, 0.5) is 5.69 Å². The molecule has 1 aliphatic carbocycles. The first kappa shape index (κ1) is 18.6. The molecule has 1 aliphatic rings. The van der Waals surface area contributed by atoms with Gasteiger partial charge in [0.15, 0.2) is 0 Å². The van der Waals surface area contributed by atoms with Crippen LogP contribution in [0.2, 0.25) is 5.02 Å². The molecule has 2 aromatic carbocycles. The molecule has 1 amide bonds. The highest BCUT2D eigenvalue weighted by molar-refractivity contribution is 6.30. The van der Waals surface area contributed by atoms with Crippen LogP contribution in [0.15, 0.2) is 48.5 Å². The highest BCUT2D eigenvalue weighted by Gasteiger charge is 2.31. The number of carbonyl (C=O) groups excluding carboxylic acids is 1. The number of hydrogen-bond donors (Lipinski definition) is 1. The number of para-hydroxylation sites is 1. The maximum absolute atomic E-state index is 13.1. The van der Waals surface area contributed by atoms with Gasteiger partial charge >= 0.3 is 5.97 Å². The van der Waals surface area contributed by atoms with Gasteiger partial charge in [0.25, 0.3) is 0 Å². The second-order valence-electron chi connectivity index (χ2n) is 7.24. The first-order valence-corrected chi connectivity index (χ1v) is 9.67. The number of aromatic nitrogens is 1. The van der Waals surface area contributed by atoms with Gasteiger partial charge in [-0.15, -0.1) is 0 Å². The largest absolute Gasteiger partial charge is 0.480 e. The molecular weight excluding hydrogens is 376 g/mol. The van der Waals surface area contributed by atoms with Crippen LogP contribution in [0.3, 0.4) is 0 Å². The van der Waals surface area contributed by atoms with Crippen molar-refractivity contribution in [1.29, 1.82) is 0 Å². The summed E-state index contributed by atoms with van der Waals surface area (Å²) in [6, 6.07) is 15.1. The number of benzene rings is 2. The molecular formula is C22H21ClN2O3. The zero-order chi connectivity index (χ0) is 19.8. The lowest BCUT2D eigenvalue weighted by Crippen LogP contribution is -2.36. The molecule has 1 heterocycles. The second-order valence-corrected chi connectivity index (χ2v) is 7.68. The van der Waals surface area contributed by atoms with Crippen molar-refractivity contribution in [3.8, 4) is 0 Å². The highest BCUT2D eigenvalue weighted by Crippen LogP contribution is 2.35. The predicted molar refractivity (Wildman–Crippen MR) is 110 cm³/mol. The molecule has 5 nitrogen and oxygen atoms in total. The van der Waals surface area contributed by atoms with Crippen LogP contribution in [0, 0.1) is 5.92 Å². The van der Waals surface area contributed by atoms with Crippen LogP contribution in [-0.4, -0.2) is 28.6 Å². The minimum atomic E-state index is -0.859. The van der Waals surface area contributed by atoms with Gasteiger partial charge < -0.3 is 14.6 Å². The van der Waals surface area contributed by atoms with E-state index in [1.165, 1.54) is 0 Å². The monoisotopic (exact) mass is 396 g/mol. The van der Waals surface area contributed by atoms with Gasteiger partial charge in [0.05, 0.1) is 0 Å². The molecule has 1 N–H and O–H groups in total. The molecule has 1 atom stereocenters. The number of anilines is 1. The zero-order valence-electron chi connectivity index (χ0n) is 15.6. The van der Waals surface area contributed by atoms with E-state index in [-0.39, 0.29) is 18.4 Å². The van der Waals surface area contributed by atoms with Crippen LogP contribution < -0.4 is 4.90 Å². The molecule has 0 saturated carbocycles. The number of aliphatic carboxylic acids is 1. The van der Waals surface area contributed by atoms with E-state index in [2.05, 4.69) is 0 Å². The van der Waals surface area contributed by atoms with Crippen molar-refractivity contribution in [2.24, 2.45) is 5.92 Å². The van der Waals surface area contributed by atoms with E-state index >= 15 is 0 Å². The van der Waals surface area contributed by atoms with Crippen LogP contribution >= 0.6 is 11.6 Å². The second kappa shape index (κ2) is 7.32. The molecule has 0 spiro atoms. The fraction of sp³-hybridized carbons (Fsp3) is 0.273. The molecule has 0 saturated heterocycles. The Morgan fingerprint density at radius 1 is 1.21 bits per heavy atom. The lowest BCUT2D eigenvalue weighted by atomic mass is 9.85. The fourth-order valence-corrected chi connectivity index (χ4v) is 4.40. The number of nitrogens with zero attached hydrogens (tertiary/aromatic N) is 2. The van der Waals surface area contributed by atoms with Gasteiger partial charge in [0.2, 0.25) is 5.91 Å². The smallest absolute Gasteiger partial charge is 0.323 e. The van der Waals surface area contributed by atoms with Gasteiger partial charge in [-0.1, -0.05) is 35.9 Å². The summed E-state index contributed by atoms with van der Waals surface area (Å²) in [5.74, 6) is -0.939. The van der Waals surface area contributed by atoms with Crippen molar-refractivity contribution in [3.63, 3.8) is 0 Å². The van der Waals surface area contributed by atoms with Gasteiger partial charge in [0.1, 0.15) is 6.54 Å². The average molecular weight is 397 g/mol.